The topological polar surface area (TPSA) is 70.6 Å². The van der Waals surface area contributed by atoms with Crippen molar-refractivity contribution in [3.05, 3.63) is 12.3 Å². The van der Waals surface area contributed by atoms with E-state index in [-0.39, 0.29) is 12.0 Å². The zero-order valence-electron chi connectivity index (χ0n) is 13.9. The van der Waals surface area contributed by atoms with Crippen molar-refractivity contribution < 1.29 is 9.53 Å². The summed E-state index contributed by atoms with van der Waals surface area (Å²) in [6.45, 7) is 6.34. The molecule has 0 aromatic carbocycles. The fourth-order valence-electron chi connectivity index (χ4n) is 3.33. The Morgan fingerprint density at radius 3 is 2.83 bits per heavy atom. The summed E-state index contributed by atoms with van der Waals surface area (Å²) in [7, 11) is 1.60. The van der Waals surface area contributed by atoms with Crippen LogP contribution in [0, 0.1) is 5.92 Å². The Kier molecular flexibility index (Phi) is 4.95. The predicted octanol–water partition coefficient (Wildman–Crippen LogP) is 0.522. The highest BCUT2D eigenvalue weighted by Crippen LogP contribution is 2.24. The van der Waals surface area contributed by atoms with Crippen LogP contribution in [0.25, 0.3) is 0 Å². The van der Waals surface area contributed by atoms with Gasteiger partial charge in [-0.25, -0.2) is 4.98 Å². The van der Waals surface area contributed by atoms with Crippen LogP contribution in [0.3, 0.4) is 0 Å². The second kappa shape index (κ2) is 7.12. The number of aromatic nitrogens is 2. The Hall–Kier alpha value is -1.89. The second-order valence-electron chi connectivity index (χ2n) is 6.25. The molecule has 1 N–H and O–H groups in total. The summed E-state index contributed by atoms with van der Waals surface area (Å²) in [4.78, 5) is 25.6. The molecule has 7 heteroatoms. The van der Waals surface area contributed by atoms with Crippen molar-refractivity contribution in [2.45, 2.75) is 25.8 Å². The van der Waals surface area contributed by atoms with Gasteiger partial charge in [0.25, 0.3) is 0 Å². The lowest BCUT2D eigenvalue weighted by atomic mass is 9.94. The molecule has 2 aliphatic heterocycles. The van der Waals surface area contributed by atoms with Crippen LogP contribution >= 0.6 is 0 Å². The van der Waals surface area contributed by atoms with Crippen molar-refractivity contribution in [3.8, 4) is 5.88 Å². The van der Waals surface area contributed by atoms with E-state index in [9.17, 15) is 4.79 Å². The van der Waals surface area contributed by atoms with E-state index in [2.05, 4.69) is 27.1 Å². The highest BCUT2D eigenvalue weighted by molar-refractivity contribution is 5.79. The van der Waals surface area contributed by atoms with Gasteiger partial charge in [0.05, 0.1) is 7.11 Å². The number of piperidine rings is 1. The number of anilines is 1. The lowest BCUT2D eigenvalue weighted by Gasteiger charge is -2.39. The quantitative estimate of drug-likeness (QED) is 0.876. The third kappa shape index (κ3) is 3.55. The van der Waals surface area contributed by atoms with Gasteiger partial charge in [-0.2, -0.15) is 4.98 Å². The Balaban J connectivity index is 1.58. The lowest BCUT2D eigenvalue weighted by molar-refractivity contribution is -0.139. The molecule has 0 bridgehead atoms. The molecular weight excluding hydrogens is 294 g/mol. The van der Waals surface area contributed by atoms with Crippen LogP contribution in [0.15, 0.2) is 12.3 Å². The Labute approximate surface area is 137 Å². The van der Waals surface area contributed by atoms with Crippen molar-refractivity contribution in [2.75, 3.05) is 44.7 Å². The summed E-state index contributed by atoms with van der Waals surface area (Å²) in [6, 6.07) is 2.03. The summed E-state index contributed by atoms with van der Waals surface area (Å²) in [6.07, 6.45) is 3.42. The Morgan fingerprint density at radius 1 is 1.35 bits per heavy atom. The molecule has 2 fully saturated rings. The van der Waals surface area contributed by atoms with E-state index in [0.717, 1.165) is 45.6 Å². The maximum absolute atomic E-state index is 12.7. The number of methoxy groups -OCH3 is 1. The maximum atomic E-state index is 12.7. The number of ether oxygens (including phenoxy) is 1. The van der Waals surface area contributed by atoms with Gasteiger partial charge in [-0.1, -0.05) is 0 Å². The third-order valence-corrected chi connectivity index (χ3v) is 4.74. The smallest absolute Gasteiger partial charge is 0.228 e. The van der Waals surface area contributed by atoms with Crippen LogP contribution < -0.4 is 15.0 Å². The number of nitrogens with zero attached hydrogens (tertiary/aromatic N) is 4. The largest absolute Gasteiger partial charge is 0.481 e. The molecule has 3 heterocycles. The first-order valence-electron chi connectivity index (χ1n) is 8.32. The van der Waals surface area contributed by atoms with E-state index in [0.29, 0.717) is 17.7 Å². The highest BCUT2D eigenvalue weighted by Gasteiger charge is 2.32. The maximum Gasteiger partial charge on any atom is 0.228 e. The van der Waals surface area contributed by atoms with Gasteiger partial charge in [-0.3, -0.25) is 4.79 Å². The van der Waals surface area contributed by atoms with Crippen LogP contribution in [-0.2, 0) is 4.79 Å². The zero-order valence-corrected chi connectivity index (χ0v) is 13.9. The number of nitrogens with one attached hydrogen (secondary N) is 1. The number of hydrogen-bond donors (Lipinski definition) is 1. The minimum atomic E-state index is 0.123. The first-order chi connectivity index (χ1) is 11.2. The summed E-state index contributed by atoms with van der Waals surface area (Å²) in [5.74, 6) is 1.69. The molecule has 1 amide bonds. The van der Waals surface area contributed by atoms with E-state index in [1.54, 1.807) is 19.4 Å². The lowest BCUT2D eigenvalue weighted by Crippen LogP contribution is -2.54. The third-order valence-electron chi connectivity index (χ3n) is 4.74. The van der Waals surface area contributed by atoms with Gasteiger partial charge >= 0.3 is 0 Å². The first kappa shape index (κ1) is 16.0. The van der Waals surface area contributed by atoms with Crippen molar-refractivity contribution in [1.29, 1.82) is 0 Å². The van der Waals surface area contributed by atoms with E-state index < -0.39 is 0 Å². The summed E-state index contributed by atoms with van der Waals surface area (Å²) >= 11 is 0. The molecule has 23 heavy (non-hydrogen) atoms. The first-order valence-corrected chi connectivity index (χ1v) is 8.32. The molecule has 1 aromatic heterocycles. The zero-order chi connectivity index (χ0) is 16.2. The van der Waals surface area contributed by atoms with Crippen LogP contribution in [0.1, 0.15) is 19.8 Å². The van der Waals surface area contributed by atoms with Crippen LogP contribution in [-0.4, -0.2) is 66.7 Å². The van der Waals surface area contributed by atoms with E-state index in [1.165, 1.54) is 0 Å². The van der Waals surface area contributed by atoms with Crippen LogP contribution in [0.2, 0.25) is 0 Å². The van der Waals surface area contributed by atoms with Gasteiger partial charge < -0.3 is 19.9 Å². The van der Waals surface area contributed by atoms with Gasteiger partial charge in [-0.15, -0.1) is 0 Å². The van der Waals surface area contributed by atoms with Crippen molar-refractivity contribution >= 4 is 11.9 Å². The van der Waals surface area contributed by atoms with Crippen molar-refractivity contribution in [2.24, 2.45) is 5.92 Å². The van der Waals surface area contributed by atoms with Crippen molar-refractivity contribution in [3.63, 3.8) is 0 Å². The molecule has 0 saturated carbocycles. The molecule has 0 spiro atoms. The average molecular weight is 319 g/mol. The Bertz CT molecular complexity index is 545. The van der Waals surface area contributed by atoms with Gasteiger partial charge in [0.2, 0.25) is 17.7 Å². The van der Waals surface area contributed by atoms with Gasteiger partial charge in [0.1, 0.15) is 0 Å². The fourth-order valence-corrected chi connectivity index (χ4v) is 3.33. The molecule has 1 unspecified atom stereocenters. The molecule has 7 nitrogen and oxygen atoms in total. The molecule has 3 rings (SSSR count). The summed E-state index contributed by atoms with van der Waals surface area (Å²) in [5, 5.41) is 3.33. The molecule has 126 valence electrons. The number of carbonyl (C=O) groups excluding carboxylic acids is 1. The molecular formula is C16H25N5O2. The fraction of sp³-hybridized carbons (Fsp3) is 0.688. The number of carbonyl (C=O) groups is 1. The van der Waals surface area contributed by atoms with E-state index in [1.807, 2.05) is 4.90 Å². The molecule has 1 aromatic rings. The minimum absolute atomic E-state index is 0.123. The normalized spacial score (nSPS) is 23.0. The minimum Gasteiger partial charge on any atom is -0.481 e. The van der Waals surface area contributed by atoms with Crippen LogP contribution in [0.4, 0.5) is 5.95 Å². The van der Waals surface area contributed by atoms with Gasteiger partial charge in [0, 0.05) is 56.9 Å². The average Bonchev–Trinajstić information content (AvgIpc) is 2.62. The molecule has 0 aliphatic carbocycles. The second-order valence-corrected chi connectivity index (χ2v) is 6.25. The van der Waals surface area contributed by atoms with E-state index in [4.69, 9.17) is 4.74 Å². The monoisotopic (exact) mass is 319 g/mol. The number of piperazine rings is 1. The number of rotatable bonds is 3. The summed E-state index contributed by atoms with van der Waals surface area (Å²) in [5.41, 5.74) is 0. The molecule has 1 atom stereocenters. The molecule has 2 saturated heterocycles. The predicted molar refractivity (Wildman–Crippen MR) is 87.6 cm³/mol. The molecule has 0 radical (unpaired) electrons. The summed E-state index contributed by atoms with van der Waals surface area (Å²) < 4.78 is 5.15. The van der Waals surface area contributed by atoms with Gasteiger partial charge in [-0.05, 0) is 19.8 Å². The molecule has 2 aliphatic rings. The SMILES string of the molecule is COc1ccnc(N2CCC(C(=O)N3CCNCC3C)CC2)n1. The highest BCUT2D eigenvalue weighted by atomic mass is 16.5. The standard InChI is InChI=1S/C16H25N5O2/c1-12-11-17-7-10-21(12)15(22)13-4-8-20(9-5-13)16-18-6-3-14(19-16)23-2/h3,6,12-13,17H,4-5,7-11H2,1-2H3. The van der Waals surface area contributed by atoms with Crippen LogP contribution in [0.5, 0.6) is 5.88 Å². The van der Waals surface area contributed by atoms with E-state index >= 15 is 0 Å². The Morgan fingerprint density at radius 2 is 2.13 bits per heavy atom. The van der Waals surface area contributed by atoms with Gasteiger partial charge in [0.15, 0.2) is 0 Å². The van der Waals surface area contributed by atoms with Crippen molar-refractivity contribution in [1.82, 2.24) is 20.2 Å². The number of amides is 1. The number of hydrogen-bond acceptors (Lipinski definition) is 6.